The molecule has 1 N–H and O–H groups in total. The average molecular weight is 307 g/mol. The molecule has 1 aromatic carbocycles. The lowest BCUT2D eigenvalue weighted by Gasteiger charge is -2.26. The number of alkyl halides is 3. The van der Waals surface area contributed by atoms with E-state index in [4.69, 9.17) is 5.11 Å². The molecule has 0 saturated carbocycles. The number of rotatable bonds is 2. The minimum atomic E-state index is -4.41. The molecule has 0 aliphatic carbocycles. The Bertz CT molecular complexity index is 620. The summed E-state index contributed by atoms with van der Waals surface area (Å²) >= 11 is 0. The van der Waals surface area contributed by atoms with Crippen molar-refractivity contribution in [3.8, 4) is 5.75 Å². The topological polar surface area (TPSA) is 57.6 Å². The molecule has 2 rings (SSSR count). The molecule has 20 heavy (non-hydrogen) atoms. The normalized spacial score (nSPS) is 17.9. The van der Waals surface area contributed by atoms with E-state index in [-0.39, 0.29) is 30.2 Å². The Balaban J connectivity index is 2.21. The van der Waals surface area contributed by atoms with Crippen molar-refractivity contribution in [1.82, 2.24) is 4.31 Å². The van der Waals surface area contributed by atoms with Gasteiger partial charge in [0.2, 0.25) is 10.0 Å². The first-order valence-electron chi connectivity index (χ1n) is 5.76. The smallest absolute Gasteiger partial charge is 0.412 e. The Labute approximate surface area is 114 Å². The maximum atomic E-state index is 12.5. The van der Waals surface area contributed by atoms with Crippen LogP contribution in [0, 0.1) is 0 Å². The van der Waals surface area contributed by atoms with E-state index >= 15 is 0 Å². The standard InChI is InChI=1S/C12H12F3NO3S/c13-12(14,15)9-5-7-16(8-6-9)20(18,19)11-3-1-10(17)2-4-11/h1-5,17H,6-8H2. The van der Waals surface area contributed by atoms with Crippen LogP contribution in [0.5, 0.6) is 5.75 Å². The van der Waals surface area contributed by atoms with Crippen LogP contribution in [0.2, 0.25) is 0 Å². The molecule has 0 radical (unpaired) electrons. The average Bonchev–Trinajstić information content (AvgIpc) is 2.38. The van der Waals surface area contributed by atoms with E-state index in [1.165, 1.54) is 24.3 Å². The van der Waals surface area contributed by atoms with Gasteiger partial charge in [-0.2, -0.15) is 17.5 Å². The number of nitrogens with zero attached hydrogens (tertiary/aromatic N) is 1. The zero-order valence-corrected chi connectivity index (χ0v) is 11.1. The molecule has 4 nitrogen and oxygen atoms in total. The number of hydrogen-bond donors (Lipinski definition) is 1. The van der Waals surface area contributed by atoms with Gasteiger partial charge in [0, 0.05) is 18.7 Å². The summed E-state index contributed by atoms with van der Waals surface area (Å²) in [6, 6.07) is 4.86. The van der Waals surface area contributed by atoms with E-state index in [1.54, 1.807) is 0 Å². The van der Waals surface area contributed by atoms with E-state index in [9.17, 15) is 21.6 Å². The number of sulfonamides is 1. The molecule has 1 aromatic rings. The monoisotopic (exact) mass is 307 g/mol. The van der Waals surface area contributed by atoms with Crippen molar-refractivity contribution in [1.29, 1.82) is 0 Å². The van der Waals surface area contributed by atoms with Crippen LogP contribution in [0.1, 0.15) is 6.42 Å². The fraction of sp³-hybridized carbons (Fsp3) is 0.333. The number of halogens is 3. The Morgan fingerprint density at radius 2 is 1.75 bits per heavy atom. The van der Waals surface area contributed by atoms with Gasteiger partial charge in [0.25, 0.3) is 0 Å². The second-order valence-corrected chi connectivity index (χ2v) is 6.27. The van der Waals surface area contributed by atoms with Crippen molar-refractivity contribution >= 4 is 10.0 Å². The zero-order valence-electron chi connectivity index (χ0n) is 10.3. The van der Waals surface area contributed by atoms with Crippen LogP contribution < -0.4 is 0 Å². The first-order chi connectivity index (χ1) is 9.21. The maximum absolute atomic E-state index is 12.5. The van der Waals surface area contributed by atoms with Crippen LogP contribution in [0.3, 0.4) is 0 Å². The largest absolute Gasteiger partial charge is 0.508 e. The molecule has 110 valence electrons. The SMILES string of the molecule is O=S(=O)(c1ccc(O)cc1)N1CC=C(C(F)(F)F)CC1. The molecule has 0 saturated heterocycles. The van der Waals surface area contributed by atoms with Gasteiger partial charge in [-0.05, 0) is 30.7 Å². The molecular weight excluding hydrogens is 295 g/mol. The summed E-state index contributed by atoms with van der Waals surface area (Å²) in [5, 5.41) is 9.11. The highest BCUT2D eigenvalue weighted by molar-refractivity contribution is 7.89. The van der Waals surface area contributed by atoms with E-state index in [2.05, 4.69) is 0 Å². The first-order valence-corrected chi connectivity index (χ1v) is 7.20. The fourth-order valence-electron chi connectivity index (χ4n) is 1.89. The highest BCUT2D eigenvalue weighted by Crippen LogP contribution is 2.31. The Kier molecular flexibility index (Phi) is 3.79. The van der Waals surface area contributed by atoms with Gasteiger partial charge in [-0.3, -0.25) is 0 Å². The molecule has 0 spiro atoms. The van der Waals surface area contributed by atoms with Gasteiger partial charge >= 0.3 is 6.18 Å². The summed E-state index contributed by atoms with van der Waals surface area (Å²) in [5.74, 6) is -0.0816. The number of phenolic OH excluding ortho intramolecular Hbond substituents is 1. The Hall–Kier alpha value is -1.54. The molecule has 0 bridgehead atoms. The van der Waals surface area contributed by atoms with Gasteiger partial charge in [0.05, 0.1) is 4.90 Å². The molecule has 8 heteroatoms. The van der Waals surface area contributed by atoms with Gasteiger partial charge in [-0.15, -0.1) is 0 Å². The molecule has 0 unspecified atom stereocenters. The summed E-state index contributed by atoms with van der Waals surface area (Å²) < 4.78 is 62.8. The predicted molar refractivity (Wildman–Crippen MR) is 65.6 cm³/mol. The van der Waals surface area contributed by atoms with Crippen molar-refractivity contribution < 1.29 is 26.7 Å². The van der Waals surface area contributed by atoms with Gasteiger partial charge in [0.15, 0.2) is 0 Å². The van der Waals surface area contributed by atoms with E-state index in [0.29, 0.717) is 0 Å². The minimum Gasteiger partial charge on any atom is -0.508 e. The third-order valence-electron chi connectivity index (χ3n) is 3.01. The highest BCUT2D eigenvalue weighted by Gasteiger charge is 2.37. The third-order valence-corrected chi connectivity index (χ3v) is 4.89. The molecule has 0 atom stereocenters. The van der Waals surface area contributed by atoms with Crippen LogP contribution in [-0.4, -0.2) is 37.1 Å². The summed E-state index contributed by atoms with van der Waals surface area (Å²) in [6.45, 7) is -0.521. The summed E-state index contributed by atoms with van der Waals surface area (Å²) in [4.78, 5) is -0.0563. The molecule has 1 aliphatic heterocycles. The second kappa shape index (κ2) is 5.10. The van der Waals surface area contributed by atoms with Crippen LogP contribution in [0.4, 0.5) is 13.2 Å². The van der Waals surface area contributed by atoms with Gasteiger partial charge < -0.3 is 5.11 Å². The zero-order chi connectivity index (χ0) is 15.0. The quantitative estimate of drug-likeness (QED) is 0.853. The van der Waals surface area contributed by atoms with Crippen molar-refractivity contribution in [2.24, 2.45) is 0 Å². The van der Waals surface area contributed by atoms with Crippen LogP contribution in [0.25, 0.3) is 0 Å². The maximum Gasteiger partial charge on any atom is 0.412 e. The van der Waals surface area contributed by atoms with E-state index in [0.717, 1.165) is 10.4 Å². The van der Waals surface area contributed by atoms with Gasteiger partial charge in [0.1, 0.15) is 5.75 Å². The van der Waals surface area contributed by atoms with Crippen LogP contribution >= 0.6 is 0 Å². The van der Waals surface area contributed by atoms with Crippen LogP contribution in [-0.2, 0) is 10.0 Å². The molecule has 1 aliphatic rings. The molecule has 1 heterocycles. The lowest BCUT2D eigenvalue weighted by atomic mass is 10.1. The Morgan fingerprint density at radius 3 is 2.20 bits per heavy atom. The molecule has 0 fully saturated rings. The lowest BCUT2D eigenvalue weighted by Crippen LogP contribution is -2.36. The summed E-state index contributed by atoms with van der Waals surface area (Å²) in [6.07, 6.45) is -3.88. The van der Waals surface area contributed by atoms with Crippen molar-refractivity contribution in [2.45, 2.75) is 17.5 Å². The summed E-state index contributed by atoms with van der Waals surface area (Å²) in [5.41, 5.74) is -0.699. The minimum absolute atomic E-state index is 0.0563. The number of benzene rings is 1. The van der Waals surface area contributed by atoms with Crippen molar-refractivity contribution in [3.05, 3.63) is 35.9 Å². The Morgan fingerprint density at radius 1 is 1.15 bits per heavy atom. The lowest BCUT2D eigenvalue weighted by molar-refractivity contribution is -0.0953. The molecular formula is C12H12F3NO3S. The van der Waals surface area contributed by atoms with E-state index < -0.39 is 21.8 Å². The third kappa shape index (κ3) is 2.96. The molecule has 0 amide bonds. The van der Waals surface area contributed by atoms with Crippen molar-refractivity contribution in [3.63, 3.8) is 0 Å². The fourth-order valence-corrected chi connectivity index (χ4v) is 3.27. The molecule has 0 aromatic heterocycles. The number of hydrogen-bond acceptors (Lipinski definition) is 3. The van der Waals surface area contributed by atoms with E-state index in [1.807, 2.05) is 0 Å². The van der Waals surface area contributed by atoms with Crippen molar-refractivity contribution in [2.75, 3.05) is 13.1 Å². The summed E-state index contributed by atoms with van der Waals surface area (Å²) in [7, 11) is -3.84. The van der Waals surface area contributed by atoms with Crippen LogP contribution in [0.15, 0.2) is 40.8 Å². The van der Waals surface area contributed by atoms with Gasteiger partial charge in [-0.25, -0.2) is 8.42 Å². The highest BCUT2D eigenvalue weighted by atomic mass is 32.2. The van der Waals surface area contributed by atoms with Gasteiger partial charge in [-0.1, -0.05) is 6.08 Å². The number of phenols is 1. The second-order valence-electron chi connectivity index (χ2n) is 4.33. The predicted octanol–water partition coefficient (Wildman–Crippen LogP) is 2.28. The number of aromatic hydroxyl groups is 1. The first kappa shape index (κ1) is 14.9.